The standard InChI is InChI=1S/C10H11F5N2/c11-6-2-8(13)7(12)1-5(6)9(3-16)17-4-10(14)15/h1-2,9-10,17H,3-4,16H2. The second-order valence-corrected chi connectivity index (χ2v) is 3.38. The number of alkyl halides is 2. The SMILES string of the molecule is NCC(NCC(F)F)c1cc(F)c(F)cc1F. The largest absolute Gasteiger partial charge is 0.329 e. The second-order valence-electron chi connectivity index (χ2n) is 3.38. The van der Waals surface area contributed by atoms with Gasteiger partial charge in [0.1, 0.15) is 5.82 Å². The molecule has 1 rings (SSSR count). The number of benzene rings is 1. The van der Waals surface area contributed by atoms with Crippen LogP contribution in [0.25, 0.3) is 0 Å². The molecule has 7 heteroatoms. The predicted molar refractivity (Wildman–Crippen MR) is 52.1 cm³/mol. The molecule has 0 aromatic heterocycles. The van der Waals surface area contributed by atoms with Crippen LogP contribution < -0.4 is 11.1 Å². The quantitative estimate of drug-likeness (QED) is 0.622. The Bertz CT molecular complexity index is 383. The van der Waals surface area contributed by atoms with Crippen molar-refractivity contribution in [3.05, 3.63) is 35.1 Å². The lowest BCUT2D eigenvalue weighted by Gasteiger charge is -2.17. The highest BCUT2D eigenvalue weighted by molar-refractivity contribution is 5.23. The average Bonchev–Trinajstić information content (AvgIpc) is 2.25. The highest BCUT2D eigenvalue weighted by Crippen LogP contribution is 2.20. The van der Waals surface area contributed by atoms with Gasteiger partial charge in [0, 0.05) is 24.2 Å². The first-order chi connectivity index (χ1) is 7.95. The van der Waals surface area contributed by atoms with E-state index in [2.05, 4.69) is 5.32 Å². The molecule has 2 nitrogen and oxygen atoms in total. The fourth-order valence-electron chi connectivity index (χ4n) is 1.36. The van der Waals surface area contributed by atoms with E-state index in [1.807, 2.05) is 0 Å². The Hall–Kier alpha value is -1.21. The molecule has 0 saturated heterocycles. The maximum atomic E-state index is 13.3. The summed E-state index contributed by atoms with van der Waals surface area (Å²) < 4.78 is 62.8. The third kappa shape index (κ3) is 3.64. The normalized spacial score (nSPS) is 13.1. The van der Waals surface area contributed by atoms with Crippen molar-refractivity contribution in [2.45, 2.75) is 12.5 Å². The molecule has 1 aromatic carbocycles. The van der Waals surface area contributed by atoms with Crippen LogP contribution in [-0.2, 0) is 0 Å². The Morgan fingerprint density at radius 3 is 2.18 bits per heavy atom. The molecular weight excluding hydrogens is 243 g/mol. The zero-order valence-electron chi connectivity index (χ0n) is 8.69. The van der Waals surface area contributed by atoms with Crippen molar-refractivity contribution in [2.24, 2.45) is 5.73 Å². The highest BCUT2D eigenvalue weighted by atomic mass is 19.3. The summed E-state index contributed by atoms with van der Waals surface area (Å²) in [6, 6.07) is -0.0167. The van der Waals surface area contributed by atoms with Crippen molar-refractivity contribution in [1.82, 2.24) is 5.32 Å². The van der Waals surface area contributed by atoms with Crippen LogP contribution in [0.15, 0.2) is 12.1 Å². The van der Waals surface area contributed by atoms with Gasteiger partial charge in [-0.15, -0.1) is 0 Å². The molecule has 0 heterocycles. The summed E-state index contributed by atoms with van der Waals surface area (Å²) in [4.78, 5) is 0. The van der Waals surface area contributed by atoms with E-state index in [1.165, 1.54) is 0 Å². The Morgan fingerprint density at radius 1 is 1.06 bits per heavy atom. The first kappa shape index (κ1) is 13.9. The van der Waals surface area contributed by atoms with E-state index in [-0.39, 0.29) is 12.1 Å². The van der Waals surface area contributed by atoms with Gasteiger partial charge < -0.3 is 11.1 Å². The molecule has 0 bridgehead atoms. The Balaban J connectivity index is 2.91. The van der Waals surface area contributed by atoms with E-state index >= 15 is 0 Å². The number of halogens is 5. The summed E-state index contributed by atoms with van der Waals surface area (Å²) in [6.07, 6.45) is -2.64. The lowest BCUT2D eigenvalue weighted by molar-refractivity contribution is 0.141. The van der Waals surface area contributed by atoms with Crippen LogP contribution in [0.2, 0.25) is 0 Å². The van der Waals surface area contributed by atoms with Crippen molar-refractivity contribution in [3.8, 4) is 0 Å². The van der Waals surface area contributed by atoms with E-state index in [0.717, 1.165) is 0 Å². The lowest BCUT2D eigenvalue weighted by Crippen LogP contribution is -2.32. The van der Waals surface area contributed by atoms with Gasteiger partial charge >= 0.3 is 0 Å². The molecular formula is C10H11F5N2. The van der Waals surface area contributed by atoms with Crippen molar-refractivity contribution in [2.75, 3.05) is 13.1 Å². The van der Waals surface area contributed by atoms with Crippen LogP contribution in [0.1, 0.15) is 11.6 Å². The molecule has 0 amide bonds. The number of nitrogens with two attached hydrogens (primary N) is 1. The molecule has 1 unspecified atom stereocenters. The van der Waals surface area contributed by atoms with E-state index in [4.69, 9.17) is 5.73 Å². The third-order valence-electron chi connectivity index (χ3n) is 2.17. The fraction of sp³-hybridized carbons (Fsp3) is 0.400. The monoisotopic (exact) mass is 254 g/mol. The molecule has 0 saturated carbocycles. The van der Waals surface area contributed by atoms with Gasteiger partial charge in [0.25, 0.3) is 6.43 Å². The number of hydrogen-bond donors (Lipinski definition) is 2. The van der Waals surface area contributed by atoms with Gasteiger partial charge in [0.05, 0.1) is 6.54 Å². The van der Waals surface area contributed by atoms with Crippen LogP contribution in [0.4, 0.5) is 22.0 Å². The van der Waals surface area contributed by atoms with Gasteiger partial charge in [-0.25, -0.2) is 22.0 Å². The highest BCUT2D eigenvalue weighted by Gasteiger charge is 2.18. The summed E-state index contributed by atoms with van der Waals surface area (Å²) in [5.41, 5.74) is 4.99. The zero-order chi connectivity index (χ0) is 13.0. The molecule has 96 valence electrons. The van der Waals surface area contributed by atoms with Gasteiger partial charge in [0.15, 0.2) is 11.6 Å². The minimum Gasteiger partial charge on any atom is -0.329 e. The molecule has 0 aliphatic heterocycles. The van der Waals surface area contributed by atoms with Gasteiger partial charge in [-0.3, -0.25) is 0 Å². The van der Waals surface area contributed by atoms with Gasteiger partial charge in [-0.05, 0) is 6.07 Å². The lowest BCUT2D eigenvalue weighted by atomic mass is 10.1. The van der Waals surface area contributed by atoms with Gasteiger partial charge in [-0.1, -0.05) is 0 Å². The Morgan fingerprint density at radius 2 is 1.65 bits per heavy atom. The summed E-state index contributed by atoms with van der Waals surface area (Å²) in [6.45, 7) is -0.922. The molecule has 1 atom stereocenters. The average molecular weight is 254 g/mol. The first-order valence-corrected chi connectivity index (χ1v) is 4.81. The Labute approximate surface area is 94.6 Å². The van der Waals surface area contributed by atoms with E-state index in [0.29, 0.717) is 12.1 Å². The molecule has 0 aliphatic rings. The van der Waals surface area contributed by atoms with E-state index in [1.54, 1.807) is 0 Å². The van der Waals surface area contributed by atoms with Crippen LogP contribution in [0.3, 0.4) is 0 Å². The van der Waals surface area contributed by atoms with Gasteiger partial charge in [-0.2, -0.15) is 0 Å². The van der Waals surface area contributed by atoms with E-state index in [9.17, 15) is 22.0 Å². The zero-order valence-corrected chi connectivity index (χ0v) is 8.69. The fourth-order valence-corrected chi connectivity index (χ4v) is 1.36. The molecule has 0 radical (unpaired) electrons. The third-order valence-corrected chi connectivity index (χ3v) is 2.17. The minimum absolute atomic E-state index is 0.214. The smallest absolute Gasteiger partial charge is 0.250 e. The Kier molecular flexibility index (Phi) is 4.83. The van der Waals surface area contributed by atoms with Crippen LogP contribution in [0, 0.1) is 17.5 Å². The van der Waals surface area contributed by atoms with Crippen molar-refractivity contribution < 1.29 is 22.0 Å². The van der Waals surface area contributed by atoms with Crippen molar-refractivity contribution >= 4 is 0 Å². The molecule has 1 aromatic rings. The first-order valence-electron chi connectivity index (χ1n) is 4.81. The maximum Gasteiger partial charge on any atom is 0.250 e. The maximum absolute atomic E-state index is 13.3. The molecule has 17 heavy (non-hydrogen) atoms. The van der Waals surface area contributed by atoms with E-state index < -0.39 is 36.5 Å². The molecule has 3 N–H and O–H groups in total. The summed E-state index contributed by atoms with van der Waals surface area (Å²) >= 11 is 0. The van der Waals surface area contributed by atoms with Crippen LogP contribution in [-0.4, -0.2) is 19.5 Å². The minimum atomic E-state index is -2.64. The molecule has 0 fully saturated rings. The summed E-state index contributed by atoms with van der Waals surface area (Å²) in [7, 11) is 0. The van der Waals surface area contributed by atoms with Crippen LogP contribution >= 0.6 is 0 Å². The summed E-state index contributed by atoms with van der Waals surface area (Å²) in [5, 5.41) is 2.27. The number of nitrogens with one attached hydrogen (secondary N) is 1. The number of rotatable bonds is 5. The topological polar surface area (TPSA) is 38.0 Å². The number of hydrogen-bond acceptors (Lipinski definition) is 2. The van der Waals surface area contributed by atoms with Crippen molar-refractivity contribution in [1.29, 1.82) is 0 Å². The second kappa shape index (κ2) is 5.92. The predicted octanol–water partition coefficient (Wildman–Crippen LogP) is 1.96. The van der Waals surface area contributed by atoms with Gasteiger partial charge in [0.2, 0.25) is 0 Å². The van der Waals surface area contributed by atoms with Crippen LogP contribution in [0.5, 0.6) is 0 Å². The van der Waals surface area contributed by atoms with Crippen molar-refractivity contribution in [3.63, 3.8) is 0 Å². The summed E-state index contributed by atoms with van der Waals surface area (Å²) in [5.74, 6) is -3.62. The molecule has 0 aliphatic carbocycles. The molecule has 0 spiro atoms.